The van der Waals surface area contributed by atoms with Gasteiger partial charge in [0, 0.05) is 5.41 Å². The molecule has 1 N–H and O–H groups in total. The smallest absolute Gasteiger partial charge is 0.118 e. The number of methoxy groups -OCH3 is 1. The first kappa shape index (κ1) is 15.8. The van der Waals surface area contributed by atoms with Crippen molar-refractivity contribution in [2.75, 3.05) is 7.11 Å². The van der Waals surface area contributed by atoms with Crippen molar-refractivity contribution >= 4 is 0 Å². The Kier molecular flexibility index (Phi) is 5.39. The van der Waals surface area contributed by atoms with Crippen LogP contribution in [0.4, 0.5) is 0 Å². The quantitative estimate of drug-likeness (QED) is 0.830. The minimum absolute atomic E-state index is 0.0973. The molecule has 2 aromatic rings. The molecule has 0 aliphatic carbocycles. The normalized spacial score (nSPS) is 10.3. The van der Waals surface area contributed by atoms with Crippen molar-refractivity contribution in [2.45, 2.75) is 19.3 Å². The largest absolute Gasteiger partial charge is 0.508 e. The lowest BCUT2D eigenvalue weighted by atomic mass is 9.78. The fraction of sp³-hybridized carbons (Fsp3) is 0.222. The predicted octanol–water partition coefficient (Wildman–Crippen LogP) is 4.53. The molecular weight excluding hydrogens is 248 g/mol. The minimum Gasteiger partial charge on any atom is -0.508 e. The molecule has 0 aromatic heterocycles. The van der Waals surface area contributed by atoms with Crippen LogP contribution in [-0.4, -0.2) is 12.2 Å². The van der Waals surface area contributed by atoms with E-state index in [-0.39, 0.29) is 5.41 Å². The maximum absolute atomic E-state index is 9.34. The van der Waals surface area contributed by atoms with Crippen LogP contribution in [-0.2, 0) is 5.41 Å². The zero-order valence-electron chi connectivity index (χ0n) is 12.4. The Bertz CT molecular complexity index is 524. The van der Waals surface area contributed by atoms with Gasteiger partial charge in [0.25, 0.3) is 0 Å². The number of hydrogen-bond donors (Lipinski definition) is 1. The van der Waals surface area contributed by atoms with E-state index in [1.165, 1.54) is 11.1 Å². The highest BCUT2D eigenvalue weighted by molar-refractivity contribution is 5.41. The lowest BCUT2D eigenvalue weighted by Gasteiger charge is -2.26. The number of phenols is 1. The summed E-state index contributed by atoms with van der Waals surface area (Å²) in [5, 5.41) is 9.34. The molecule has 0 aliphatic heterocycles. The first-order valence-corrected chi connectivity index (χ1v) is 6.48. The summed E-state index contributed by atoms with van der Waals surface area (Å²) < 4.78 is 5.17. The van der Waals surface area contributed by atoms with Gasteiger partial charge in [0.05, 0.1) is 7.11 Å². The van der Waals surface area contributed by atoms with E-state index in [1.54, 1.807) is 19.2 Å². The molecular formula is C18H22O2. The second-order valence-electron chi connectivity index (χ2n) is 4.90. The molecule has 2 rings (SSSR count). The molecule has 0 bridgehead atoms. The summed E-state index contributed by atoms with van der Waals surface area (Å²) in [7, 11) is 1.67. The van der Waals surface area contributed by atoms with Gasteiger partial charge in [-0.05, 0) is 35.4 Å². The molecule has 20 heavy (non-hydrogen) atoms. The Labute approximate surface area is 121 Å². The van der Waals surface area contributed by atoms with Crippen molar-refractivity contribution in [3.63, 3.8) is 0 Å². The average molecular weight is 270 g/mol. The number of benzene rings is 2. The highest BCUT2D eigenvalue weighted by Gasteiger charge is 2.22. The minimum atomic E-state index is -0.0973. The summed E-state index contributed by atoms with van der Waals surface area (Å²) in [6.45, 7) is 10.3. The van der Waals surface area contributed by atoms with Gasteiger partial charge in [-0.1, -0.05) is 38.1 Å². The molecule has 0 amide bonds. The number of rotatable bonds is 3. The first-order chi connectivity index (χ1) is 9.54. The topological polar surface area (TPSA) is 29.5 Å². The average Bonchev–Trinajstić information content (AvgIpc) is 2.50. The van der Waals surface area contributed by atoms with Crippen molar-refractivity contribution in [3.05, 3.63) is 72.8 Å². The van der Waals surface area contributed by atoms with Crippen LogP contribution < -0.4 is 4.74 Å². The molecule has 0 unspecified atom stereocenters. The maximum Gasteiger partial charge on any atom is 0.118 e. The van der Waals surface area contributed by atoms with Crippen molar-refractivity contribution in [1.82, 2.24) is 0 Å². The van der Waals surface area contributed by atoms with Crippen LogP contribution in [0.1, 0.15) is 25.0 Å². The highest BCUT2D eigenvalue weighted by Crippen LogP contribution is 2.33. The molecule has 0 atom stereocenters. The Balaban J connectivity index is 0.000000956. The number of hydrogen-bond acceptors (Lipinski definition) is 2. The third-order valence-electron chi connectivity index (χ3n) is 3.40. The molecule has 0 aliphatic rings. The standard InChI is InChI=1S/C16H18O2.C2H4/c1-16(2,12-4-8-14(17)9-5-12)13-6-10-15(18-3)11-7-13;1-2/h4-11,17H,1-3H3;1-2H2. The third-order valence-corrected chi connectivity index (χ3v) is 3.40. The van der Waals surface area contributed by atoms with E-state index in [4.69, 9.17) is 4.74 Å². The van der Waals surface area contributed by atoms with Crippen LogP contribution in [0.5, 0.6) is 11.5 Å². The summed E-state index contributed by atoms with van der Waals surface area (Å²) in [6, 6.07) is 15.5. The molecule has 2 heteroatoms. The summed E-state index contributed by atoms with van der Waals surface area (Å²) in [4.78, 5) is 0. The summed E-state index contributed by atoms with van der Waals surface area (Å²) in [5.41, 5.74) is 2.29. The van der Waals surface area contributed by atoms with E-state index >= 15 is 0 Å². The SMILES string of the molecule is C=C.COc1ccc(C(C)(C)c2ccc(O)cc2)cc1. The molecule has 2 aromatic carbocycles. The van der Waals surface area contributed by atoms with Crippen LogP contribution in [0.2, 0.25) is 0 Å². The molecule has 0 spiro atoms. The Hall–Kier alpha value is -2.22. The molecule has 0 saturated heterocycles. The maximum atomic E-state index is 9.34. The Morgan fingerprint density at radius 1 is 0.850 bits per heavy atom. The second kappa shape index (κ2) is 6.80. The second-order valence-corrected chi connectivity index (χ2v) is 4.90. The van der Waals surface area contributed by atoms with E-state index in [0.717, 1.165) is 5.75 Å². The Morgan fingerprint density at radius 2 is 1.25 bits per heavy atom. The van der Waals surface area contributed by atoms with Gasteiger partial charge in [0.2, 0.25) is 0 Å². The fourth-order valence-corrected chi connectivity index (χ4v) is 2.05. The third kappa shape index (κ3) is 3.41. The van der Waals surface area contributed by atoms with Crippen molar-refractivity contribution in [1.29, 1.82) is 0 Å². The van der Waals surface area contributed by atoms with E-state index < -0.39 is 0 Å². The lowest BCUT2D eigenvalue weighted by Crippen LogP contribution is -2.18. The first-order valence-electron chi connectivity index (χ1n) is 6.48. The molecule has 106 valence electrons. The Morgan fingerprint density at radius 3 is 1.65 bits per heavy atom. The zero-order chi connectivity index (χ0) is 15.2. The van der Waals surface area contributed by atoms with Gasteiger partial charge in [-0.2, -0.15) is 0 Å². The zero-order valence-corrected chi connectivity index (χ0v) is 12.4. The van der Waals surface area contributed by atoms with E-state index in [2.05, 4.69) is 39.1 Å². The molecule has 0 heterocycles. The van der Waals surface area contributed by atoms with E-state index in [9.17, 15) is 5.11 Å². The number of ether oxygens (including phenoxy) is 1. The van der Waals surface area contributed by atoms with E-state index in [0.29, 0.717) is 5.75 Å². The fourth-order valence-electron chi connectivity index (χ4n) is 2.05. The van der Waals surface area contributed by atoms with Gasteiger partial charge in [0.1, 0.15) is 11.5 Å². The van der Waals surface area contributed by atoms with Gasteiger partial charge < -0.3 is 9.84 Å². The van der Waals surface area contributed by atoms with Crippen LogP contribution >= 0.6 is 0 Å². The van der Waals surface area contributed by atoms with Gasteiger partial charge in [-0.15, -0.1) is 13.2 Å². The van der Waals surface area contributed by atoms with Gasteiger partial charge in [-0.25, -0.2) is 0 Å². The van der Waals surface area contributed by atoms with Crippen molar-refractivity contribution in [3.8, 4) is 11.5 Å². The lowest BCUT2D eigenvalue weighted by molar-refractivity contribution is 0.414. The highest BCUT2D eigenvalue weighted by atomic mass is 16.5. The summed E-state index contributed by atoms with van der Waals surface area (Å²) >= 11 is 0. The number of aromatic hydroxyl groups is 1. The monoisotopic (exact) mass is 270 g/mol. The van der Waals surface area contributed by atoms with Crippen LogP contribution in [0.25, 0.3) is 0 Å². The summed E-state index contributed by atoms with van der Waals surface area (Å²) in [6.07, 6.45) is 0. The predicted molar refractivity (Wildman–Crippen MR) is 84.5 cm³/mol. The van der Waals surface area contributed by atoms with Crippen molar-refractivity contribution in [2.24, 2.45) is 0 Å². The van der Waals surface area contributed by atoms with Crippen LogP contribution in [0.3, 0.4) is 0 Å². The van der Waals surface area contributed by atoms with Crippen LogP contribution in [0, 0.1) is 0 Å². The number of phenolic OH excluding ortho intramolecular Hbond substituents is 1. The van der Waals surface area contributed by atoms with Gasteiger partial charge >= 0.3 is 0 Å². The van der Waals surface area contributed by atoms with E-state index in [1.807, 2.05) is 24.3 Å². The van der Waals surface area contributed by atoms with Crippen LogP contribution in [0.15, 0.2) is 61.7 Å². The summed E-state index contributed by atoms with van der Waals surface area (Å²) in [5.74, 6) is 1.16. The van der Waals surface area contributed by atoms with Gasteiger partial charge in [-0.3, -0.25) is 0 Å². The molecule has 0 saturated carbocycles. The van der Waals surface area contributed by atoms with Gasteiger partial charge in [0.15, 0.2) is 0 Å². The molecule has 2 nitrogen and oxygen atoms in total. The molecule has 0 radical (unpaired) electrons. The molecule has 0 fully saturated rings. The van der Waals surface area contributed by atoms with Crippen molar-refractivity contribution < 1.29 is 9.84 Å².